The largest absolute Gasteiger partial charge is 0.314 e. The van der Waals surface area contributed by atoms with Crippen molar-refractivity contribution >= 4 is 43.2 Å². The first kappa shape index (κ1) is 10.1. The summed E-state index contributed by atoms with van der Waals surface area (Å²) in [7, 11) is 0. The first-order valence-corrected chi connectivity index (χ1v) is 6.56. The van der Waals surface area contributed by atoms with Crippen molar-refractivity contribution in [2.75, 3.05) is 19.6 Å². The second-order valence-corrected chi connectivity index (χ2v) is 6.24. The van der Waals surface area contributed by atoms with Gasteiger partial charge in [0.2, 0.25) is 0 Å². The fourth-order valence-electron chi connectivity index (χ4n) is 1.39. The van der Waals surface area contributed by atoms with Crippen LogP contribution in [0.3, 0.4) is 0 Å². The van der Waals surface area contributed by atoms with Crippen LogP contribution in [0.5, 0.6) is 0 Å². The van der Waals surface area contributed by atoms with Gasteiger partial charge in [-0.2, -0.15) is 0 Å². The highest BCUT2D eigenvalue weighted by Crippen LogP contribution is 2.35. The van der Waals surface area contributed by atoms with Crippen molar-refractivity contribution in [1.29, 1.82) is 0 Å². The van der Waals surface area contributed by atoms with E-state index in [1.807, 2.05) is 0 Å². The van der Waals surface area contributed by atoms with Crippen LogP contribution in [0.1, 0.15) is 10.9 Å². The van der Waals surface area contributed by atoms with Gasteiger partial charge in [0, 0.05) is 29.0 Å². The number of halogens is 2. The van der Waals surface area contributed by atoms with Gasteiger partial charge in [0.05, 0.1) is 9.83 Å². The molecule has 0 aliphatic carbocycles. The predicted octanol–water partition coefficient (Wildman–Crippen LogP) is 2.51. The molecule has 1 aromatic heterocycles. The van der Waals surface area contributed by atoms with E-state index in [1.54, 1.807) is 11.3 Å². The molecule has 0 amide bonds. The van der Waals surface area contributed by atoms with Crippen LogP contribution in [0.2, 0.25) is 0 Å². The Labute approximate surface area is 98.4 Å². The van der Waals surface area contributed by atoms with E-state index in [0.717, 1.165) is 24.1 Å². The number of hydrogen-bond acceptors (Lipinski definition) is 3. The summed E-state index contributed by atoms with van der Waals surface area (Å²) in [4.78, 5) is 1.38. The van der Waals surface area contributed by atoms with Gasteiger partial charge >= 0.3 is 0 Å². The van der Waals surface area contributed by atoms with Crippen LogP contribution in [-0.2, 0) is 0 Å². The lowest BCUT2D eigenvalue weighted by Gasteiger charge is -2.23. The Morgan fingerprint density at radius 3 is 2.77 bits per heavy atom. The van der Waals surface area contributed by atoms with Crippen LogP contribution in [0.4, 0.5) is 0 Å². The zero-order valence-corrected chi connectivity index (χ0v) is 10.9. The average Bonchev–Trinajstić information content (AvgIpc) is 2.49. The third-order valence-corrected chi connectivity index (χ3v) is 5.42. The van der Waals surface area contributed by atoms with Crippen LogP contribution >= 0.6 is 43.2 Å². The van der Waals surface area contributed by atoms with Crippen molar-refractivity contribution in [3.8, 4) is 0 Å². The van der Waals surface area contributed by atoms with Crippen molar-refractivity contribution in [1.82, 2.24) is 10.6 Å². The zero-order chi connectivity index (χ0) is 9.26. The molecule has 13 heavy (non-hydrogen) atoms. The quantitative estimate of drug-likeness (QED) is 0.829. The molecule has 1 aliphatic heterocycles. The van der Waals surface area contributed by atoms with E-state index in [4.69, 9.17) is 0 Å². The number of nitrogens with one attached hydrogen (secondary N) is 2. The standard InChI is InChI=1S/C8H10Br2N2S/c9-5-3-7(13-8(5)10)6-4-11-1-2-12-6/h3,6,11-12H,1-2,4H2/t6-/m0/s1. The Balaban J connectivity index is 2.14. The molecule has 1 fully saturated rings. The summed E-state index contributed by atoms with van der Waals surface area (Å²) in [5, 5.41) is 6.86. The molecule has 1 saturated heterocycles. The second-order valence-electron chi connectivity index (χ2n) is 2.98. The Hall–Kier alpha value is 0.580. The Bertz CT molecular complexity index is 275. The van der Waals surface area contributed by atoms with Gasteiger partial charge in [-0.05, 0) is 37.9 Å². The topological polar surface area (TPSA) is 24.1 Å². The first-order valence-electron chi connectivity index (χ1n) is 4.16. The van der Waals surface area contributed by atoms with Gasteiger partial charge in [-0.1, -0.05) is 0 Å². The van der Waals surface area contributed by atoms with E-state index < -0.39 is 0 Å². The molecule has 0 unspecified atom stereocenters. The van der Waals surface area contributed by atoms with Crippen LogP contribution < -0.4 is 10.6 Å². The smallest absolute Gasteiger partial charge is 0.0843 e. The summed E-state index contributed by atoms with van der Waals surface area (Å²) in [6.45, 7) is 3.15. The Morgan fingerprint density at radius 2 is 2.23 bits per heavy atom. The van der Waals surface area contributed by atoms with Crippen LogP contribution in [0, 0.1) is 0 Å². The molecule has 2 N–H and O–H groups in total. The highest BCUT2D eigenvalue weighted by Gasteiger charge is 2.17. The maximum absolute atomic E-state index is 3.51. The van der Waals surface area contributed by atoms with Crippen molar-refractivity contribution in [2.24, 2.45) is 0 Å². The minimum Gasteiger partial charge on any atom is -0.314 e. The molecule has 0 aromatic carbocycles. The minimum atomic E-state index is 0.473. The Kier molecular flexibility index (Phi) is 3.42. The van der Waals surface area contributed by atoms with Gasteiger partial charge in [-0.15, -0.1) is 11.3 Å². The lowest BCUT2D eigenvalue weighted by molar-refractivity contribution is 0.435. The van der Waals surface area contributed by atoms with Crippen molar-refractivity contribution in [2.45, 2.75) is 6.04 Å². The van der Waals surface area contributed by atoms with Gasteiger partial charge in [-0.25, -0.2) is 0 Å². The van der Waals surface area contributed by atoms with Crippen LogP contribution in [-0.4, -0.2) is 19.6 Å². The summed E-state index contributed by atoms with van der Waals surface area (Å²) >= 11 is 8.79. The van der Waals surface area contributed by atoms with Crippen molar-refractivity contribution in [3.05, 3.63) is 19.2 Å². The van der Waals surface area contributed by atoms with Crippen LogP contribution in [0.25, 0.3) is 0 Å². The molecule has 2 heterocycles. The molecule has 2 nitrogen and oxygen atoms in total. The van der Waals surface area contributed by atoms with Gasteiger partial charge in [0.1, 0.15) is 0 Å². The summed E-state index contributed by atoms with van der Waals surface area (Å²) in [5.41, 5.74) is 0. The zero-order valence-electron chi connectivity index (χ0n) is 6.94. The molecule has 2 rings (SSSR count). The lowest BCUT2D eigenvalue weighted by Crippen LogP contribution is -2.42. The van der Waals surface area contributed by atoms with E-state index >= 15 is 0 Å². The molecule has 72 valence electrons. The monoisotopic (exact) mass is 324 g/mol. The van der Waals surface area contributed by atoms with E-state index in [-0.39, 0.29) is 0 Å². The van der Waals surface area contributed by atoms with Crippen molar-refractivity contribution in [3.63, 3.8) is 0 Å². The molecule has 1 atom stereocenters. The number of piperazine rings is 1. The summed E-state index contributed by atoms with van der Waals surface area (Å²) in [6.07, 6.45) is 0. The lowest BCUT2D eigenvalue weighted by atomic mass is 10.2. The fraction of sp³-hybridized carbons (Fsp3) is 0.500. The fourth-order valence-corrected chi connectivity index (χ4v) is 3.55. The SMILES string of the molecule is Brc1cc([C@@H]2CNCCN2)sc1Br. The predicted molar refractivity (Wildman–Crippen MR) is 63.3 cm³/mol. The normalized spacial score (nSPS) is 23.4. The highest BCUT2D eigenvalue weighted by atomic mass is 79.9. The summed E-state index contributed by atoms with van der Waals surface area (Å²) in [5.74, 6) is 0. The highest BCUT2D eigenvalue weighted by molar-refractivity contribution is 9.13. The molecule has 0 saturated carbocycles. The summed E-state index contributed by atoms with van der Waals surface area (Å²) < 4.78 is 2.33. The van der Waals surface area contributed by atoms with E-state index in [1.165, 1.54) is 8.66 Å². The van der Waals surface area contributed by atoms with Gasteiger partial charge in [0.15, 0.2) is 0 Å². The maximum atomic E-state index is 3.51. The third kappa shape index (κ3) is 2.33. The van der Waals surface area contributed by atoms with Crippen molar-refractivity contribution < 1.29 is 0 Å². The summed E-state index contributed by atoms with van der Waals surface area (Å²) in [6, 6.07) is 2.65. The second kappa shape index (κ2) is 4.40. The number of thiophene rings is 1. The van der Waals surface area contributed by atoms with Gasteiger partial charge in [-0.3, -0.25) is 0 Å². The molecule has 1 aromatic rings. The molecule has 0 radical (unpaired) electrons. The number of rotatable bonds is 1. The van der Waals surface area contributed by atoms with E-state index in [0.29, 0.717) is 6.04 Å². The molecular weight excluding hydrogens is 316 g/mol. The third-order valence-electron chi connectivity index (χ3n) is 2.05. The molecular formula is C8H10Br2N2S. The number of hydrogen-bond donors (Lipinski definition) is 2. The average molecular weight is 326 g/mol. The first-order chi connectivity index (χ1) is 6.27. The Morgan fingerprint density at radius 1 is 1.38 bits per heavy atom. The minimum absolute atomic E-state index is 0.473. The van der Waals surface area contributed by atoms with Gasteiger partial charge in [0.25, 0.3) is 0 Å². The molecule has 5 heteroatoms. The van der Waals surface area contributed by atoms with Gasteiger partial charge < -0.3 is 10.6 Å². The molecule has 0 spiro atoms. The molecule has 0 bridgehead atoms. The van der Waals surface area contributed by atoms with E-state index in [9.17, 15) is 0 Å². The van der Waals surface area contributed by atoms with Crippen LogP contribution in [0.15, 0.2) is 14.3 Å². The maximum Gasteiger partial charge on any atom is 0.0843 e. The van der Waals surface area contributed by atoms with E-state index in [2.05, 4.69) is 48.6 Å². The molecule has 1 aliphatic rings.